The number of fused-ring (bicyclic) bond motifs is 3. The molecule has 0 saturated heterocycles. The third kappa shape index (κ3) is 3.97. The van der Waals surface area contributed by atoms with Crippen LogP contribution < -0.4 is 9.47 Å². The molecule has 0 saturated carbocycles. The number of alkyl halides is 3. The van der Waals surface area contributed by atoms with E-state index in [0.29, 0.717) is 15.9 Å². The fourth-order valence-corrected chi connectivity index (χ4v) is 3.81. The monoisotopic (exact) mass is 467 g/mol. The van der Waals surface area contributed by atoms with E-state index in [1.807, 2.05) is 0 Å². The van der Waals surface area contributed by atoms with E-state index in [4.69, 9.17) is 14.2 Å². The number of hydrogen-bond acceptors (Lipinski definition) is 6. The molecule has 1 aliphatic rings. The second-order valence-electron chi connectivity index (χ2n) is 7.10. The van der Waals surface area contributed by atoms with Crippen LogP contribution in [0.5, 0.6) is 11.5 Å². The van der Waals surface area contributed by atoms with Gasteiger partial charge in [-0.05, 0) is 18.2 Å². The zero-order chi connectivity index (χ0) is 23.9. The molecule has 2 atom stereocenters. The normalized spacial score (nSPS) is 17.6. The number of methoxy groups -OCH3 is 2. The number of carbonyl (C=O) groups is 1. The van der Waals surface area contributed by atoms with Crippen molar-refractivity contribution in [3.63, 3.8) is 0 Å². The molecule has 33 heavy (non-hydrogen) atoms. The molecule has 0 fully saturated rings. The number of halogens is 4. The number of ether oxygens (including phenoxy) is 3. The first-order valence-corrected chi connectivity index (χ1v) is 9.56. The Morgan fingerprint density at radius 2 is 1.91 bits per heavy atom. The van der Waals surface area contributed by atoms with Crippen molar-refractivity contribution in [2.24, 2.45) is 0 Å². The zero-order valence-corrected chi connectivity index (χ0v) is 17.3. The van der Waals surface area contributed by atoms with Crippen LogP contribution in [0.15, 0.2) is 36.4 Å². The number of aromatic nitrogens is 3. The Morgan fingerprint density at radius 1 is 1.15 bits per heavy atom. The standard InChI is InChI=1S/C21H17F4N3O5/c1-31-14-5-3-4-12(18(14)32-2)17-11-7-6-10(22)8-13(11)28-19(15(33-17)9-16(29)30)26-27-20(28)21(23,24)25/h3-8,15,17H,9H2,1-2H3,(H,29,30). The van der Waals surface area contributed by atoms with Gasteiger partial charge in [-0.15, -0.1) is 10.2 Å². The molecule has 2 unspecified atom stereocenters. The van der Waals surface area contributed by atoms with E-state index in [1.165, 1.54) is 20.3 Å². The van der Waals surface area contributed by atoms with E-state index in [1.54, 1.807) is 18.2 Å². The Bertz CT molecular complexity index is 1210. The fourth-order valence-electron chi connectivity index (χ4n) is 3.81. The second kappa shape index (κ2) is 8.35. The molecule has 0 bridgehead atoms. The highest BCUT2D eigenvalue weighted by molar-refractivity contribution is 5.68. The van der Waals surface area contributed by atoms with Crippen LogP contribution in [-0.4, -0.2) is 40.1 Å². The third-order valence-electron chi connectivity index (χ3n) is 5.12. The van der Waals surface area contributed by atoms with Gasteiger partial charge in [-0.1, -0.05) is 18.2 Å². The van der Waals surface area contributed by atoms with Crippen LogP contribution in [0.3, 0.4) is 0 Å². The Kier molecular flexibility index (Phi) is 5.70. The van der Waals surface area contributed by atoms with Crippen molar-refractivity contribution in [3.05, 3.63) is 65.0 Å². The molecule has 1 N–H and O–H groups in total. The molecule has 0 amide bonds. The maximum atomic E-state index is 14.2. The molecule has 1 aliphatic heterocycles. The lowest BCUT2D eigenvalue weighted by molar-refractivity contribution is -0.146. The summed E-state index contributed by atoms with van der Waals surface area (Å²) in [5, 5.41) is 16.2. The summed E-state index contributed by atoms with van der Waals surface area (Å²) in [6.45, 7) is 0. The van der Waals surface area contributed by atoms with Crippen molar-refractivity contribution in [1.29, 1.82) is 0 Å². The smallest absolute Gasteiger partial charge is 0.452 e. The van der Waals surface area contributed by atoms with Crippen LogP contribution in [0.4, 0.5) is 17.6 Å². The average Bonchev–Trinajstić information content (AvgIpc) is 3.17. The summed E-state index contributed by atoms with van der Waals surface area (Å²) >= 11 is 0. The summed E-state index contributed by atoms with van der Waals surface area (Å²) in [7, 11) is 2.78. The van der Waals surface area contributed by atoms with Gasteiger partial charge in [-0.2, -0.15) is 13.2 Å². The van der Waals surface area contributed by atoms with E-state index >= 15 is 0 Å². The summed E-state index contributed by atoms with van der Waals surface area (Å²) in [4.78, 5) is 11.5. The summed E-state index contributed by atoms with van der Waals surface area (Å²) < 4.78 is 72.9. The fraction of sp³-hybridized carbons (Fsp3) is 0.286. The van der Waals surface area contributed by atoms with Crippen LogP contribution in [0, 0.1) is 5.82 Å². The highest BCUT2D eigenvalue weighted by Gasteiger charge is 2.44. The highest BCUT2D eigenvalue weighted by atomic mass is 19.4. The highest BCUT2D eigenvalue weighted by Crippen LogP contribution is 2.46. The van der Waals surface area contributed by atoms with E-state index in [2.05, 4.69) is 10.2 Å². The van der Waals surface area contributed by atoms with Crippen molar-refractivity contribution in [1.82, 2.24) is 14.8 Å². The number of carboxylic acid groups (broad SMARTS) is 1. The maximum absolute atomic E-state index is 14.2. The van der Waals surface area contributed by atoms with Crippen molar-refractivity contribution in [2.75, 3.05) is 14.2 Å². The number of nitrogens with zero attached hydrogens (tertiary/aromatic N) is 3. The van der Waals surface area contributed by atoms with Crippen LogP contribution in [-0.2, 0) is 15.7 Å². The number of para-hydroxylation sites is 1. The van der Waals surface area contributed by atoms with Crippen molar-refractivity contribution < 1.29 is 41.7 Å². The van der Waals surface area contributed by atoms with Gasteiger partial charge in [-0.25, -0.2) is 4.39 Å². The van der Waals surface area contributed by atoms with Gasteiger partial charge in [0, 0.05) is 11.1 Å². The van der Waals surface area contributed by atoms with Gasteiger partial charge >= 0.3 is 12.1 Å². The first-order chi connectivity index (χ1) is 15.7. The average molecular weight is 467 g/mol. The first-order valence-electron chi connectivity index (χ1n) is 9.56. The Labute approximate surface area is 184 Å². The molecule has 3 aromatic rings. The summed E-state index contributed by atoms with van der Waals surface area (Å²) in [6, 6.07) is 8.03. The van der Waals surface area contributed by atoms with E-state index in [0.717, 1.165) is 12.1 Å². The van der Waals surface area contributed by atoms with Gasteiger partial charge in [0.2, 0.25) is 5.82 Å². The molecule has 2 heterocycles. The Morgan fingerprint density at radius 3 is 2.55 bits per heavy atom. The quantitative estimate of drug-likeness (QED) is 0.565. The largest absolute Gasteiger partial charge is 0.493 e. The lowest BCUT2D eigenvalue weighted by Gasteiger charge is -2.24. The molecular weight excluding hydrogens is 450 g/mol. The predicted molar refractivity (Wildman–Crippen MR) is 104 cm³/mol. The molecule has 1 aromatic heterocycles. The Balaban J connectivity index is 2.04. The summed E-state index contributed by atoms with van der Waals surface area (Å²) in [5.41, 5.74) is 0.236. The topological polar surface area (TPSA) is 95.7 Å². The first kappa shape index (κ1) is 22.5. The van der Waals surface area contributed by atoms with Crippen LogP contribution in [0.25, 0.3) is 5.69 Å². The van der Waals surface area contributed by atoms with Gasteiger partial charge in [-0.3, -0.25) is 9.36 Å². The maximum Gasteiger partial charge on any atom is 0.452 e. The Hall–Kier alpha value is -3.67. The molecule has 2 aromatic carbocycles. The van der Waals surface area contributed by atoms with Gasteiger partial charge in [0.1, 0.15) is 18.0 Å². The third-order valence-corrected chi connectivity index (χ3v) is 5.12. The lowest BCUT2D eigenvalue weighted by atomic mass is 9.98. The minimum Gasteiger partial charge on any atom is -0.493 e. The number of carboxylic acids is 1. The zero-order valence-electron chi connectivity index (χ0n) is 17.3. The van der Waals surface area contributed by atoms with Crippen LogP contribution in [0.1, 0.15) is 41.4 Å². The molecule has 4 rings (SSSR count). The molecule has 174 valence electrons. The predicted octanol–water partition coefficient (Wildman–Crippen LogP) is 4.08. The second-order valence-corrected chi connectivity index (χ2v) is 7.10. The van der Waals surface area contributed by atoms with Crippen molar-refractivity contribution >= 4 is 5.97 Å². The van der Waals surface area contributed by atoms with Crippen molar-refractivity contribution in [3.8, 4) is 17.2 Å². The van der Waals surface area contributed by atoms with Gasteiger partial charge in [0.25, 0.3) is 0 Å². The molecule has 0 spiro atoms. The van der Waals surface area contributed by atoms with Crippen LogP contribution >= 0.6 is 0 Å². The molecule has 0 radical (unpaired) electrons. The van der Waals surface area contributed by atoms with Gasteiger partial charge in [0.05, 0.1) is 26.3 Å². The molecule has 8 nitrogen and oxygen atoms in total. The number of rotatable bonds is 5. The number of benzene rings is 2. The minimum absolute atomic E-state index is 0.127. The van der Waals surface area contributed by atoms with Crippen molar-refractivity contribution in [2.45, 2.75) is 24.8 Å². The van der Waals surface area contributed by atoms with Crippen LogP contribution in [0.2, 0.25) is 0 Å². The van der Waals surface area contributed by atoms with E-state index in [-0.39, 0.29) is 17.0 Å². The van der Waals surface area contributed by atoms with Gasteiger partial charge in [0.15, 0.2) is 17.3 Å². The molecular formula is C21H17F4N3O5. The van der Waals surface area contributed by atoms with Gasteiger partial charge < -0.3 is 19.3 Å². The summed E-state index contributed by atoms with van der Waals surface area (Å²) in [6.07, 6.45) is -8.24. The lowest BCUT2D eigenvalue weighted by Crippen LogP contribution is -2.17. The minimum atomic E-state index is -4.95. The van der Waals surface area contributed by atoms with E-state index < -0.39 is 48.2 Å². The number of aliphatic carboxylic acids is 1. The molecule has 0 aliphatic carbocycles. The number of hydrogen-bond donors (Lipinski definition) is 1. The SMILES string of the molecule is COc1cccc(C2OC(CC(=O)O)c3nnc(C(F)(F)F)n3-c3cc(F)ccc32)c1OC. The summed E-state index contributed by atoms with van der Waals surface area (Å²) in [5.74, 6) is -3.45. The molecule has 12 heteroatoms. The van der Waals surface area contributed by atoms with E-state index in [9.17, 15) is 27.5 Å².